The molecule has 0 fully saturated rings. The minimum Gasteiger partial charge on any atom is -1.00 e. The first-order valence-corrected chi connectivity index (χ1v) is 4.56. The van der Waals surface area contributed by atoms with Crippen LogP contribution in [0.25, 0.3) is 0 Å². The molecule has 0 amide bonds. The zero-order valence-electron chi connectivity index (χ0n) is 9.00. The molecule has 80 valence electrons. The van der Waals surface area contributed by atoms with Gasteiger partial charge >= 0.3 is 0 Å². The molecule has 0 saturated heterocycles. The summed E-state index contributed by atoms with van der Waals surface area (Å²) in [6.07, 6.45) is 1.06. The molecule has 0 radical (unpaired) electrons. The van der Waals surface area contributed by atoms with E-state index in [4.69, 9.17) is 5.11 Å². The maximum Gasteiger partial charge on any atom is 0.115 e. The lowest BCUT2D eigenvalue weighted by molar-refractivity contribution is -0.870. The van der Waals surface area contributed by atoms with Crippen molar-refractivity contribution in [2.24, 2.45) is 0 Å². The molecule has 0 heterocycles. The lowest BCUT2D eigenvalue weighted by Crippen LogP contribution is -3.00. The van der Waals surface area contributed by atoms with Crippen LogP contribution in [0.2, 0.25) is 0 Å². The van der Waals surface area contributed by atoms with E-state index in [1.54, 1.807) is 12.1 Å². The van der Waals surface area contributed by atoms with E-state index in [-0.39, 0.29) is 12.4 Å². The third-order valence-corrected chi connectivity index (χ3v) is 2.01. The van der Waals surface area contributed by atoms with E-state index in [1.807, 2.05) is 12.1 Å². The van der Waals surface area contributed by atoms with Gasteiger partial charge in [-0.2, -0.15) is 0 Å². The molecule has 14 heavy (non-hydrogen) atoms. The summed E-state index contributed by atoms with van der Waals surface area (Å²) in [5.41, 5.74) is 1.28. The summed E-state index contributed by atoms with van der Waals surface area (Å²) in [4.78, 5) is 0. The minimum atomic E-state index is 0. The van der Waals surface area contributed by atoms with Gasteiger partial charge in [-0.3, -0.25) is 0 Å². The SMILES string of the molecule is C[N+](C)(C)CCc1ccc(O)cc1.[Cl-]. The van der Waals surface area contributed by atoms with Crippen molar-refractivity contribution in [3.8, 4) is 5.75 Å². The number of hydrogen-bond donors (Lipinski definition) is 1. The first-order chi connectivity index (χ1) is 5.97. The number of hydrogen-bond acceptors (Lipinski definition) is 1. The Balaban J connectivity index is 0.00000169. The predicted molar refractivity (Wildman–Crippen MR) is 54.7 cm³/mol. The lowest BCUT2D eigenvalue weighted by Gasteiger charge is -2.23. The van der Waals surface area contributed by atoms with Crippen LogP contribution < -0.4 is 12.4 Å². The second-order valence-electron chi connectivity index (χ2n) is 4.43. The zero-order valence-corrected chi connectivity index (χ0v) is 9.75. The molecule has 0 aliphatic heterocycles. The molecule has 0 bridgehead atoms. The summed E-state index contributed by atoms with van der Waals surface area (Å²) in [7, 11) is 6.54. The molecule has 1 N–H and O–H groups in total. The number of rotatable bonds is 3. The van der Waals surface area contributed by atoms with Crippen molar-refractivity contribution in [3.05, 3.63) is 29.8 Å². The second-order valence-corrected chi connectivity index (χ2v) is 4.43. The Hall–Kier alpha value is -0.730. The van der Waals surface area contributed by atoms with Gasteiger partial charge in [-0.15, -0.1) is 0 Å². The fourth-order valence-corrected chi connectivity index (χ4v) is 1.13. The summed E-state index contributed by atoms with van der Waals surface area (Å²) < 4.78 is 0.973. The lowest BCUT2D eigenvalue weighted by atomic mass is 10.1. The van der Waals surface area contributed by atoms with Crippen molar-refractivity contribution in [3.63, 3.8) is 0 Å². The molecule has 2 nitrogen and oxygen atoms in total. The van der Waals surface area contributed by atoms with Gasteiger partial charge in [0.2, 0.25) is 0 Å². The standard InChI is InChI=1S/C11H17NO.ClH/c1-12(2,3)9-8-10-4-6-11(13)7-5-10;/h4-7H,8-9H2,1-3H3;1H. The Morgan fingerprint density at radius 2 is 1.57 bits per heavy atom. The van der Waals surface area contributed by atoms with Gasteiger partial charge in [-0.1, -0.05) is 12.1 Å². The molecule has 1 aromatic rings. The fourth-order valence-electron chi connectivity index (χ4n) is 1.13. The quantitative estimate of drug-likeness (QED) is 0.618. The van der Waals surface area contributed by atoms with Crippen molar-refractivity contribution in [2.75, 3.05) is 27.7 Å². The van der Waals surface area contributed by atoms with Crippen molar-refractivity contribution in [1.82, 2.24) is 0 Å². The Kier molecular flexibility index (Phi) is 4.95. The van der Waals surface area contributed by atoms with E-state index in [2.05, 4.69) is 21.1 Å². The highest BCUT2D eigenvalue weighted by atomic mass is 35.5. The molecule has 0 spiro atoms. The highest BCUT2D eigenvalue weighted by molar-refractivity contribution is 5.25. The maximum absolute atomic E-state index is 9.08. The molecule has 3 heteroatoms. The topological polar surface area (TPSA) is 20.2 Å². The Morgan fingerprint density at radius 1 is 1.07 bits per heavy atom. The maximum atomic E-state index is 9.08. The van der Waals surface area contributed by atoms with Gasteiger partial charge in [0.15, 0.2) is 0 Å². The molecule has 1 rings (SSSR count). The molecule has 0 atom stereocenters. The minimum absolute atomic E-state index is 0. The molecule has 1 aromatic carbocycles. The molecular formula is C11H18ClNO. The van der Waals surface area contributed by atoms with Crippen LogP contribution in [-0.2, 0) is 6.42 Å². The number of nitrogens with zero attached hydrogens (tertiary/aromatic N) is 1. The van der Waals surface area contributed by atoms with Gasteiger partial charge in [-0.25, -0.2) is 0 Å². The first kappa shape index (κ1) is 13.3. The Labute approximate surface area is 92.2 Å². The van der Waals surface area contributed by atoms with Crippen LogP contribution >= 0.6 is 0 Å². The van der Waals surface area contributed by atoms with Crippen LogP contribution in [0.1, 0.15) is 5.56 Å². The number of phenols is 1. The summed E-state index contributed by atoms with van der Waals surface area (Å²) in [5, 5.41) is 9.08. The van der Waals surface area contributed by atoms with E-state index in [9.17, 15) is 0 Å². The normalized spacial score (nSPS) is 10.8. The Morgan fingerprint density at radius 3 is 2.00 bits per heavy atom. The van der Waals surface area contributed by atoms with Crippen LogP contribution in [0.5, 0.6) is 5.75 Å². The average Bonchev–Trinajstić information content (AvgIpc) is 2.02. The number of quaternary nitrogens is 1. The van der Waals surface area contributed by atoms with E-state index < -0.39 is 0 Å². The van der Waals surface area contributed by atoms with Crippen LogP contribution in [0.15, 0.2) is 24.3 Å². The number of benzene rings is 1. The van der Waals surface area contributed by atoms with Crippen molar-refractivity contribution >= 4 is 0 Å². The number of aromatic hydroxyl groups is 1. The molecule has 0 aromatic heterocycles. The van der Waals surface area contributed by atoms with Gasteiger partial charge in [0, 0.05) is 6.42 Å². The summed E-state index contributed by atoms with van der Waals surface area (Å²) in [6.45, 7) is 1.12. The molecule has 0 saturated carbocycles. The second kappa shape index (κ2) is 5.23. The van der Waals surface area contributed by atoms with Crippen molar-refractivity contribution in [2.45, 2.75) is 6.42 Å². The molecule has 0 aliphatic rings. The smallest absolute Gasteiger partial charge is 0.115 e. The van der Waals surface area contributed by atoms with Crippen LogP contribution in [0.4, 0.5) is 0 Å². The van der Waals surface area contributed by atoms with Crippen molar-refractivity contribution in [1.29, 1.82) is 0 Å². The van der Waals surface area contributed by atoms with E-state index in [0.717, 1.165) is 17.4 Å². The van der Waals surface area contributed by atoms with E-state index >= 15 is 0 Å². The zero-order chi connectivity index (χ0) is 9.90. The molecule has 0 aliphatic carbocycles. The number of likely N-dealkylation sites (N-methyl/N-ethyl adjacent to an activating group) is 1. The van der Waals surface area contributed by atoms with Crippen LogP contribution in [-0.4, -0.2) is 37.3 Å². The third kappa shape index (κ3) is 5.10. The van der Waals surface area contributed by atoms with Gasteiger partial charge in [0.05, 0.1) is 27.7 Å². The highest BCUT2D eigenvalue weighted by Crippen LogP contribution is 2.10. The van der Waals surface area contributed by atoms with Gasteiger partial charge in [0.25, 0.3) is 0 Å². The fraction of sp³-hybridized carbons (Fsp3) is 0.455. The first-order valence-electron chi connectivity index (χ1n) is 4.56. The largest absolute Gasteiger partial charge is 1.00 e. The number of phenolic OH excluding ortho intramolecular Hbond substituents is 1. The Bertz CT molecular complexity index is 264. The van der Waals surface area contributed by atoms with Crippen LogP contribution in [0, 0.1) is 0 Å². The summed E-state index contributed by atoms with van der Waals surface area (Å²) in [5.74, 6) is 0.342. The molecular weight excluding hydrogens is 198 g/mol. The third-order valence-electron chi connectivity index (χ3n) is 2.01. The van der Waals surface area contributed by atoms with Gasteiger partial charge in [-0.05, 0) is 17.7 Å². The monoisotopic (exact) mass is 215 g/mol. The van der Waals surface area contributed by atoms with E-state index in [1.165, 1.54) is 5.56 Å². The summed E-state index contributed by atoms with van der Waals surface area (Å²) >= 11 is 0. The van der Waals surface area contributed by atoms with Gasteiger partial charge in [0.1, 0.15) is 5.75 Å². The predicted octanol–water partition coefficient (Wildman–Crippen LogP) is -1.36. The number of halogens is 1. The summed E-state index contributed by atoms with van der Waals surface area (Å²) in [6, 6.07) is 7.44. The van der Waals surface area contributed by atoms with E-state index in [0.29, 0.717) is 5.75 Å². The van der Waals surface area contributed by atoms with Crippen molar-refractivity contribution < 1.29 is 22.0 Å². The molecule has 0 unspecified atom stereocenters. The average molecular weight is 216 g/mol. The van der Waals surface area contributed by atoms with Gasteiger partial charge < -0.3 is 22.0 Å². The van der Waals surface area contributed by atoms with Crippen LogP contribution in [0.3, 0.4) is 0 Å². The highest BCUT2D eigenvalue weighted by Gasteiger charge is 2.06.